The zero-order valence-electron chi connectivity index (χ0n) is 13.1. The molecule has 0 saturated carbocycles. The van der Waals surface area contributed by atoms with Crippen molar-refractivity contribution in [1.82, 2.24) is 9.38 Å². The molecule has 114 valence electrons. The van der Waals surface area contributed by atoms with Crippen LogP contribution in [0.25, 0.3) is 16.2 Å². The van der Waals surface area contributed by atoms with E-state index in [1.54, 1.807) is 0 Å². The third-order valence-electron chi connectivity index (χ3n) is 3.82. The summed E-state index contributed by atoms with van der Waals surface area (Å²) in [6.07, 6.45) is 1.98. The van der Waals surface area contributed by atoms with E-state index in [0.717, 1.165) is 21.9 Å². The van der Waals surface area contributed by atoms with Crippen LogP contribution in [-0.4, -0.2) is 22.0 Å². The van der Waals surface area contributed by atoms with Gasteiger partial charge < -0.3 is 4.74 Å². The fourth-order valence-corrected chi connectivity index (χ4v) is 3.38. The SMILES string of the molecule is CCOC(=O)c1sc2nc(-c3ccc(C)c(C)c3)cn2c1C. The maximum Gasteiger partial charge on any atom is 0.350 e. The van der Waals surface area contributed by atoms with Crippen molar-refractivity contribution in [1.29, 1.82) is 0 Å². The number of rotatable bonds is 3. The van der Waals surface area contributed by atoms with Crippen LogP contribution in [0.5, 0.6) is 0 Å². The first-order chi connectivity index (χ1) is 10.5. The lowest BCUT2D eigenvalue weighted by molar-refractivity contribution is 0.0531. The predicted molar refractivity (Wildman–Crippen MR) is 88.7 cm³/mol. The van der Waals surface area contributed by atoms with E-state index in [0.29, 0.717) is 11.5 Å². The first kappa shape index (κ1) is 14.8. The Morgan fingerprint density at radius 2 is 2.05 bits per heavy atom. The maximum absolute atomic E-state index is 11.9. The number of carbonyl (C=O) groups is 1. The molecule has 0 saturated heterocycles. The molecular formula is C17H18N2O2S. The third-order valence-corrected chi connectivity index (χ3v) is 4.96. The first-order valence-electron chi connectivity index (χ1n) is 7.24. The Balaban J connectivity index is 2.04. The van der Waals surface area contributed by atoms with Crippen LogP contribution in [0, 0.1) is 20.8 Å². The average molecular weight is 314 g/mol. The Morgan fingerprint density at radius 3 is 2.68 bits per heavy atom. The van der Waals surface area contributed by atoms with E-state index in [2.05, 4.69) is 37.0 Å². The number of carbonyl (C=O) groups excluding carboxylic acids is 1. The van der Waals surface area contributed by atoms with Gasteiger partial charge in [-0.15, -0.1) is 0 Å². The Hall–Kier alpha value is -2.14. The number of benzene rings is 1. The van der Waals surface area contributed by atoms with Crippen LogP contribution >= 0.6 is 11.3 Å². The van der Waals surface area contributed by atoms with Gasteiger partial charge in [0.1, 0.15) is 4.88 Å². The monoisotopic (exact) mass is 314 g/mol. The van der Waals surface area contributed by atoms with Crippen molar-refractivity contribution < 1.29 is 9.53 Å². The van der Waals surface area contributed by atoms with Gasteiger partial charge in [-0.1, -0.05) is 23.5 Å². The molecule has 2 aromatic heterocycles. The number of hydrogen-bond donors (Lipinski definition) is 0. The third kappa shape index (κ3) is 2.41. The van der Waals surface area contributed by atoms with Crippen LogP contribution in [0.3, 0.4) is 0 Å². The van der Waals surface area contributed by atoms with Crippen molar-refractivity contribution in [3.63, 3.8) is 0 Å². The topological polar surface area (TPSA) is 43.6 Å². The molecule has 5 heteroatoms. The number of nitrogens with zero attached hydrogens (tertiary/aromatic N) is 2. The average Bonchev–Trinajstić information content (AvgIpc) is 3.02. The molecule has 3 aromatic rings. The molecule has 0 fully saturated rings. The molecule has 22 heavy (non-hydrogen) atoms. The van der Waals surface area contributed by atoms with Crippen LogP contribution in [0.4, 0.5) is 0 Å². The summed E-state index contributed by atoms with van der Waals surface area (Å²) < 4.78 is 7.04. The molecule has 0 N–H and O–H groups in total. The highest BCUT2D eigenvalue weighted by molar-refractivity contribution is 7.19. The minimum absolute atomic E-state index is 0.275. The van der Waals surface area contributed by atoms with Gasteiger partial charge >= 0.3 is 5.97 Å². The molecular weight excluding hydrogens is 296 g/mol. The summed E-state index contributed by atoms with van der Waals surface area (Å²) >= 11 is 1.37. The van der Waals surface area contributed by atoms with Gasteiger partial charge in [-0.3, -0.25) is 4.40 Å². The van der Waals surface area contributed by atoms with Gasteiger partial charge in [0.05, 0.1) is 12.3 Å². The molecule has 0 bridgehead atoms. The van der Waals surface area contributed by atoms with E-state index in [-0.39, 0.29) is 5.97 Å². The van der Waals surface area contributed by atoms with Crippen molar-refractivity contribution in [2.45, 2.75) is 27.7 Å². The second-order valence-electron chi connectivity index (χ2n) is 5.31. The zero-order valence-corrected chi connectivity index (χ0v) is 14.0. The second kappa shape index (κ2) is 5.57. The number of aryl methyl sites for hydroxylation is 3. The van der Waals surface area contributed by atoms with Crippen LogP contribution < -0.4 is 0 Å². The largest absolute Gasteiger partial charge is 0.462 e. The van der Waals surface area contributed by atoms with Gasteiger partial charge in [0.15, 0.2) is 4.96 Å². The van der Waals surface area contributed by atoms with E-state index < -0.39 is 0 Å². The van der Waals surface area contributed by atoms with Crippen LogP contribution in [0.15, 0.2) is 24.4 Å². The van der Waals surface area contributed by atoms with Crippen LogP contribution in [0.2, 0.25) is 0 Å². The molecule has 0 amide bonds. The van der Waals surface area contributed by atoms with Crippen LogP contribution in [-0.2, 0) is 4.74 Å². The van der Waals surface area contributed by atoms with E-state index >= 15 is 0 Å². The summed E-state index contributed by atoms with van der Waals surface area (Å²) in [6, 6.07) is 6.33. The summed E-state index contributed by atoms with van der Waals surface area (Å²) in [5, 5.41) is 0. The summed E-state index contributed by atoms with van der Waals surface area (Å²) in [6.45, 7) is 8.31. The quantitative estimate of drug-likeness (QED) is 0.682. The van der Waals surface area contributed by atoms with Crippen molar-refractivity contribution in [2.24, 2.45) is 0 Å². The van der Waals surface area contributed by atoms with E-state index in [9.17, 15) is 4.79 Å². The lowest BCUT2D eigenvalue weighted by atomic mass is 10.1. The first-order valence-corrected chi connectivity index (χ1v) is 8.06. The molecule has 0 spiro atoms. The van der Waals surface area contributed by atoms with E-state index in [1.165, 1.54) is 22.5 Å². The highest BCUT2D eigenvalue weighted by Gasteiger charge is 2.18. The Morgan fingerprint density at radius 1 is 1.27 bits per heavy atom. The zero-order chi connectivity index (χ0) is 15.9. The molecule has 0 aliphatic heterocycles. The summed E-state index contributed by atoms with van der Waals surface area (Å²) in [5.41, 5.74) is 5.41. The Labute approximate surface area is 133 Å². The molecule has 2 heterocycles. The standard InChI is InChI=1S/C17H18N2O2S/c1-5-21-16(20)15-12(4)19-9-14(18-17(19)22-15)13-7-6-10(2)11(3)8-13/h6-9H,5H2,1-4H3. The van der Waals surface area contributed by atoms with Crippen molar-refractivity contribution >= 4 is 22.3 Å². The van der Waals surface area contributed by atoms with Gasteiger partial charge in [0.2, 0.25) is 0 Å². The molecule has 0 radical (unpaired) electrons. The lowest BCUT2D eigenvalue weighted by Gasteiger charge is -2.02. The molecule has 3 rings (SSSR count). The number of esters is 1. The number of imidazole rings is 1. The van der Waals surface area contributed by atoms with Gasteiger partial charge in [0.25, 0.3) is 0 Å². The lowest BCUT2D eigenvalue weighted by Crippen LogP contribution is -2.04. The number of hydrogen-bond acceptors (Lipinski definition) is 4. The Bertz CT molecular complexity index is 861. The van der Waals surface area contributed by atoms with Crippen molar-refractivity contribution in [2.75, 3.05) is 6.61 Å². The molecule has 0 unspecified atom stereocenters. The minimum atomic E-state index is -0.275. The van der Waals surface area contributed by atoms with Gasteiger partial charge in [0, 0.05) is 17.5 Å². The minimum Gasteiger partial charge on any atom is -0.462 e. The normalized spacial score (nSPS) is 11.1. The molecule has 1 aromatic carbocycles. The van der Waals surface area contributed by atoms with Crippen molar-refractivity contribution in [3.8, 4) is 11.3 Å². The van der Waals surface area contributed by atoms with E-state index in [1.807, 2.05) is 24.4 Å². The summed E-state index contributed by atoms with van der Waals surface area (Å²) in [7, 11) is 0. The fourth-order valence-electron chi connectivity index (χ4n) is 2.38. The molecule has 0 atom stereocenters. The van der Waals surface area contributed by atoms with Gasteiger partial charge in [-0.2, -0.15) is 0 Å². The second-order valence-corrected chi connectivity index (χ2v) is 6.29. The fraction of sp³-hybridized carbons (Fsp3) is 0.294. The predicted octanol–water partition coefficient (Wildman–Crippen LogP) is 4.16. The highest BCUT2D eigenvalue weighted by Crippen LogP contribution is 2.28. The smallest absolute Gasteiger partial charge is 0.350 e. The summed E-state index contributed by atoms with van der Waals surface area (Å²) in [4.78, 5) is 18.0. The highest BCUT2D eigenvalue weighted by atomic mass is 32.1. The molecule has 0 aliphatic rings. The maximum atomic E-state index is 11.9. The molecule has 4 nitrogen and oxygen atoms in total. The number of fused-ring (bicyclic) bond motifs is 1. The van der Waals surface area contributed by atoms with Crippen molar-refractivity contribution in [3.05, 3.63) is 46.1 Å². The number of thiazole rings is 1. The van der Waals surface area contributed by atoms with E-state index in [4.69, 9.17) is 4.74 Å². The van der Waals surface area contributed by atoms with Gasteiger partial charge in [-0.05, 0) is 44.9 Å². The van der Waals surface area contributed by atoms with Gasteiger partial charge in [-0.25, -0.2) is 9.78 Å². The summed E-state index contributed by atoms with van der Waals surface area (Å²) in [5.74, 6) is -0.275. The molecule has 0 aliphatic carbocycles. The Kier molecular flexibility index (Phi) is 3.74. The van der Waals surface area contributed by atoms with Crippen LogP contribution in [0.1, 0.15) is 33.4 Å². The number of ether oxygens (including phenoxy) is 1. The number of aromatic nitrogens is 2.